The molecule has 1 amide bonds. The van der Waals surface area contributed by atoms with Gasteiger partial charge in [0.1, 0.15) is 5.75 Å². The van der Waals surface area contributed by atoms with Crippen LogP contribution in [0, 0.1) is 17.4 Å². The molecule has 1 aliphatic rings. The van der Waals surface area contributed by atoms with Crippen molar-refractivity contribution in [3.63, 3.8) is 0 Å². The van der Waals surface area contributed by atoms with Crippen molar-refractivity contribution in [2.24, 2.45) is 0 Å². The SMILES string of the molecule is Cc1cccc(C)c1CN1C(=O)COc2cc(I)ccc21. The lowest BCUT2D eigenvalue weighted by molar-refractivity contribution is -0.121. The van der Waals surface area contributed by atoms with Crippen molar-refractivity contribution in [3.05, 3.63) is 56.7 Å². The average Bonchev–Trinajstić information content (AvgIpc) is 2.45. The highest BCUT2D eigenvalue weighted by molar-refractivity contribution is 14.1. The predicted octanol–water partition coefficient (Wildman–Crippen LogP) is 3.83. The second kappa shape index (κ2) is 5.67. The fourth-order valence-corrected chi connectivity index (χ4v) is 3.07. The van der Waals surface area contributed by atoms with Crippen LogP contribution in [0.5, 0.6) is 5.75 Å². The largest absolute Gasteiger partial charge is 0.482 e. The van der Waals surface area contributed by atoms with E-state index in [1.807, 2.05) is 29.2 Å². The molecule has 0 saturated carbocycles. The molecule has 4 heteroatoms. The van der Waals surface area contributed by atoms with Gasteiger partial charge in [0.05, 0.1) is 12.2 Å². The van der Waals surface area contributed by atoms with Gasteiger partial charge in [-0.05, 0) is 71.3 Å². The fourth-order valence-electron chi connectivity index (χ4n) is 2.61. The quantitative estimate of drug-likeness (QED) is 0.726. The van der Waals surface area contributed by atoms with Gasteiger partial charge in [0.15, 0.2) is 6.61 Å². The van der Waals surface area contributed by atoms with Crippen LogP contribution in [0.3, 0.4) is 0 Å². The van der Waals surface area contributed by atoms with E-state index in [9.17, 15) is 4.79 Å². The van der Waals surface area contributed by atoms with E-state index in [0.717, 1.165) is 15.0 Å². The Bertz CT molecular complexity index is 692. The number of halogens is 1. The van der Waals surface area contributed by atoms with E-state index in [-0.39, 0.29) is 12.5 Å². The minimum atomic E-state index is 0.00589. The van der Waals surface area contributed by atoms with Crippen LogP contribution < -0.4 is 9.64 Å². The van der Waals surface area contributed by atoms with Crippen LogP contribution in [0.15, 0.2) is 36.4 Å². The Balaban J connectivity index is 2.01. The summed E-state index contributed by atoms with van der Waals surface area (Å²) in [6, 6.07) is 12.1. The molecule has 0 spiro atoms. The Morgan fingerprint density at radius 1 is 1.19 bits per heavy atom. The molecule has 0 bridgehead atoms. The van der Waals surface area contributed by atoms with Crippen LogP contribution >= 0.6 is 22.6 Å². The molecule has 0 aliphatic carbocycles. The summed E-state index contributed by atoms with van der Waals surface area (Å²) in [6.07, 6.45) is 0. The van der Waals surface area contributed by atoms with Gasteiger partial charge in [0.25, 0.3) is 5.91 Å². The van der Waals surface area contributed by atoms with E-state index in [0.29, 0.717) is 6.54 Å². The van der Waals surface area contributed by atoms with E-state index in [4.69, 9.17) is 4.74 Å². The van der Waals surface area contributed by atoms with Crippen molar-refractivity contribution < 1.29 is 9.53 Å². The highest BCUT2D eigenvalue weighted by atomic mass is 127. The van der Waals surface area contributed by atoms with Crippen LogP contribution in [0.25, 0.3) is 0 Å². The van der Waals surface area contributed by atoms with Crippen molar-refractivity contribution in [2.45, 2.75) is 20.4 Å². The van der Waals surface area contributed by atoms with Gasteiger partial charge in [-0.1, -0.05) is 18.2 Å². The molecule has 3 rings (SSSR count). The van der Waals surface area contributed by atoms with Crippen LogP contribution in [-0.4, -0.2) is 12.5 Å². The summed E-state index contributed by atoms with van der Waals surface area (Å²) in [4.78, 5) is 14.1. The number of hydrogen-bond donors (Lipinski definition) is 0. The number of benzene rings is 2. The van der Waals surface area contributed by atoms with E-state index in [2.05, 4.69) is 48.6 Å². The van der Waals surface area contributed by atoms with Crippen molar-refractivity contribution in [1.82, 2.24) is 0 Å². The molecule has 1 aliphatic heterocycles. The Morgan fingerprint density at radius 2 is 1.90 bits per heavy atom. The smallest absolute Gasteiger partial charge is 0.265 e. The standard InChI is InChI=1S/C17H16INO2/c1-11-4-3-5-12(2)14(11)9-19-15-7-6-13(18)8-16(15)21-10-17(19)20/h3-8H,9-10H2,1-2H3. The number of aryl methyl sites for hydroxylation is 2. The Labute approximate surface area is 138 Å². The number of fused-ring (bicyclic) bond motifs is 1. The molecule has 3 nitrogen and oxygen atoms in total. The molecule has 0 fully saturated rings. The molecule has 0 unspecified atom stereocenters. The number of amides is 1. The molecule has 0 radical (unpaired) electrons. The monoisotopic (exact) mass is 393 g/mol. The maximum atomic E-state index is 12.3. The molecule has 0 aromatic heterocycles. The summed E-state index contributed by atoms with van der Waals surface area (Å²) in [5, 5.41) is 0. The van der Waals surface area contributed by atoms with Gasteiger partial charge in [0.2, 0.25) is 0 Å². The normalized spacial score (nSPS) is 13.9. The molecule has 0 saturated heterocycles. The molecule has 2 aromatic rings. The van der Waals surface area contributed by atoms with Gasteiger partial charge < -0.3 is 9.64 Å². The molecule has 108 valence electrons. The molecule has 0 N–H and O–H groups in total. The zero-order valence-electron chi connectivity index (χ0n) is 12.0. The third-order valence-electron chi connectivity index (χ3n) is 3.83. The minimum Gasteiger partial charge on any atom is -0.482 e. The van der Waals surface area contributed by atoms with Crippen LogP contribution in [0.1, 0.15) is 16.7 Å². The van der Waals surface area contributed by atoms with Crippen LogP contribution in [0.4, 0.5) is 5.69 Å². The van der Waals surface area contributed by atoms with Crippen molar-refractivity contribution >= 4 is 34.2 Å². The lowest BCUT2D eigenvalue weighted by atomic mass is 10.0. The molecular weight excluding hydrogens is 377 g/mol. The molecule has 2 aromatic carbocycles. The number of carbonyl (C=O) groups is 1. The van der Waals surface area contributed by atoms with E-state index >= 15 is 0 Å². The highest BCUT2D eigenvalue weighted by Crippen LogP contribution is 2.34. The van der Waals surface area contributed by atoms with Gasteiger partial charge in [-0.3, -0.25) is 4.79 Å². The Hall–Kier alpha value is -1.56. The summed E-state index contributed by atoms with van der Waals surface area (Å²) < 4.78 is 6.65. The van der Waals surface area contributed by atoms with Crippen LogP contribution in [0.2, 0.25) is 0 Å². The first kappa shape index (κ1) is 14.4. The van der Waals surface area contributed by atoms with Crippen molar-refractivity contribution in [3.8, 4) is 5.75 Å². The lowest BCUT2D eigenvalue weighted by Gasteiger charge is -2.30. The maximum Gasteiger partial charge on any atom is 0.265 e. The first-order valence-corrected chi connectivity index (χ1v) is 7.92. The van der Waals surface area contributed by atoms with Crippen molar-refractivity contribution in [2.75, 3.05) is 11.5 Å². The fraction of sp³-hybridized carbons (Fsp3) is 0.235. The molecule has 21 heavy (non-hydrogen) atoms. The van der Waals surface area contributed by atoms with E-state index in [1.165, 1.54) is 16.7 Å². The number of ether oxygens (including phenoxy) is 1. The minimum absolute atomic E-state index is 0.00589. The molecule has 0 atom stereocenters. The summed E-state index contributed by atoms with van der Waals surface area (Å²) in [7, 11) is 0. The zero-order valence-corrected chi connectivity index (χ0v) is 14.2. The third-order valence-corrected chi connectivity index (χ3v) is 4.50. The topological polar surface area (TPSA) is 29.5 Å². The molecule has 1 heterocycles. The van der Waals surface area contributed by atoms with Gasteiger partial charge in [0, 0.05) is 3.57 Å². The Morgan fingerprint density at radius 3 is 2.62 bits per heavy atom. The second-order valence-electron chi connectivity index (χ2n) is 5.25. The van der Waals surface area contributed by atoms with Gasteiger partial charge in [-0.2, -0.15) is 0 Å². The first-order valence-electron chi connectivity index (χ1n) is 6.84. The number of nitrogens with zero attached hydrogens (tertiary/aromatic N) is 1. The maximum absolute atomic E-state index is 12.3. The zero-order chi connectivity index (χ0) is 15.0. The third kappa shape index (κ3) is 2.77. The van der Waals surface area contributed by atoms with Gasteiger partial charge in [-0.25, -0.2) is 0 Å². The molecular formula is C17H16INO2. The van der Waals surface area contributed by atoms with E-state index < -0.39 is 0 Å². The summed E-state index contributed by atoms with van der Waals surface area (Å²) in [6.45, 7) is 4.87. The second-order valence-corrected chi connectivity index (χ2v) is 6.50. The number of rotatable bonds is 2. The highest BCUT2D eigenvalue weighted by Gasteiger charge is 2.26. The lowest BCUT2D eigenvalue weighted by Crippen LogP contribution is -2.38. The number of carbonyl (C=O) groups excluding carboxylic acids is 1. The van der Waals surface area contributed by atoms with Crippen LogP contribution in [-0.2, 0) is 11.3 Å². The summed E-state index contributed by atoms with van der Waals surface area (Å²) in [5.41, 5.74) is 4.48. The predicted molar refractivity (Wildman–Crippen MR) is 91.8 cm³/mol. The first-order chi connectivity index (χ1) is 10.1. The van der Waals surface area contributed by atoms with Crippen molar-refractivity contribution in [1.29, 1.82) is 0 Å². The number of anilines is 1. The average molecular weight is 393 g/mol. The van der Waals surface area contributed by atoms with Gasteiger partial charge in [-0.15, -0.1) is 0 Å². The summed E-state index contributed by atoms with van der Waals surface area (Å²) in [5.74, 6) is 0.791. The van der Waals surface area contributed by atoms with E-state index in [1.54, 1.807) is 0 Å². The Kier molecular flexibility index (Phi) is 3.89. The van der Waals surface area contributed by atoms with Gasteiger partial charge >= 0.3 is 0 Å². The number of hydrogen-bond acceptors (Lipinski definition) is 2. The summed E-state index contributed by atoms with van der Waals surface area (Å²) >= 11 is 2.25.